The Morgan fingerprint density at radius 1 is 1.33 bits per heavy atom. The van der Waals surface area contributed by atoms with Crippen molar-refractivity contribution in [1.82, 2.24) is 0 Å². The summed E-state index contributed by atoms with van der Waals surface area (Å²) >= 11 is 0. The number of nitrogens with zero attached hydrogens (tertiary/aromatic N) is 3. The summed E-state index contributed by atoms with van der Waals surface area (Å²) in [7, 11) is 1.00. The lowest BCUT2D eigenvalue weighted by molar-refractivity contribution is 0.399. The highest BCUT2D eigenvalue weighted by Crippen LogP contribution is 2.26. The zero-order chi connectivity index (χ0) is 20.5. The third kappa shape index (κ3) is 9.57. The zero-order valence-electron chi connectivity index (χ0n) is 17.0. The van der Waals surface area contributed by atoms with Crippen LogP contribution in [0, 0.1) is 11.3 Å². The Balaban J connectivity index is 0.00000158. The molecule has 0 aromatic heterocycles. The number of allylic oxidation sites excluding steroid dienone is 2. The van der Waals surface area contributed by atoms with Crippen molar-refractivity contribution < 1.29 is 5.11 Å². The van der Waals surface area contributed by atoms with Gasteiger partial charge in [0.15, 0.2) is 0 Å². The number of aliphatic hydroxyl groups is 1. The van der Waals surface area contributed by atoms with Crippen LogP contribution >= 0.6 is 0 Å². The predicted molar refractivity (Wildman–Crippen MR) is 116 cm³/mol. The molecule has 6 heteroatoms. The molecular weight excluding hydrogens is 338 g/mol. The first-order valence-electron chi connectivity index (χ1n) is 9.39. The first kappa shape index (κ1) is 24.4. The van der Waals surface area contributed by atoms with Crippen molar-refractivity contribution in [3.63, 3.8) is 0 Å². The second-order valence-electron chi connectivity index (χ2n) is 5.53. The molecule has 1 aromatic carbocycles. The molecule has 0 unspecified atom stereocenters. The predicted octanol–water partition coefficient (Wildman–Crippen LogP) is 4.34. The van der Waals surface area contributed by atoms with Gasteiger partial charge in [0, 0.05) is 37.9 Å². The quantitative estimate of drug-likeness (QED) is 0.489. The zero-order valence-corrected chi connectivity index (χ0v) is 17.0. The summed E-state index contributed by atoms with van der Waals surface area (Å²) < 4.78 is 0. The first-order valence-corrected chi connectivity index (χ1v) is 9.39. The van der Waals surface area contributed by atoms with Gasteiger partial charge >= 0.3 is 0 Å². The molecule has 1 aromatic rings. The maximum atomic E-state index is 8.72. The van der Waals surface area contributed by atoms with Crippen LogP contribution < -0.4 is 11.1 Å². The molecule has 0 saturated carbocycles. The number of nitrogens with two attached hydrogens (primary N) is 1. The molecule has 1 heterocycles. The van der Waals surface area contributed by atoms with Crippen LogP contribution in [0.4, 0.5) is 11.4 Å². The van der Waals surface area contributed by atoms with Gasteiger partial charge in [0.1, 0.15) is 0 Å². The second kappa shape index (κ2) is 15.6. The molecule has 2 rings (SSSR count). The Morgan fingerprint density at radius 2 is 2.07 bits per heavy atom. The number of hydrogen-bond donors (Lipinski definition) is 3. The maximum absolute atomic E-state index is 8.72. The van der Waals surface area contributed by atoms with E-state index in [4.69, 9.17) is 16.1 Å². The number of aliphatic hydroxyl groups excluding tert-OH is 1. The monoisotopic (exact) mass is 371 g/mol. The Hall–Kier alpha value is -2.65. The molecule has 0 spiro atoms. The number of anilines is 1. The minimum absolute atomic E-state index is 0.515. The fourth-order valence-corrected chi connectivity index (χ4v) is 2.59. The lowest BCUT2D eigenvalue weighted by atomic mass is 10.1. The van der Waals surface area contributed by atoms with Gasteiger partial charge in [-0.05, 0) is 43.9 Å². The number of rotatable bonds is 7. The van der Waals surface area contributed by atoms with E-state index in [0.29, 0.717) is 6.42 Å². The summed E-state index contributed by atoms with van der Waals surface area (Å²) in [5, 5.41) is 19.1. The SMILES string of the molecule is CC.CC1=CCCC(CCNc2cc(CCC#N)ccc2N=CN)=N1.CO. The van der Waals surface area contributed by atoms with Crippen LogP contribution in [0.3, 0.4) is 0 Å². The molecule has 0 atom stereocenters. The Bertz CT molecular complexity index is 672. The van der Waals surface area contributed by atoms with Crippen molar-refractivity contribution in [2.45, 2.75) is 52.9 Å². The highest BCUT2D eigenvalue weighted by molar-refractivity contribution is 5.86. The number of nitriles is 1. The average molecular weight is 372 g/mol. The van der Waals surface area contributed by atoms with Crippen LogP contribution in [0.15, 0.2) is 40.0 Å². The van der Waals surface area contributed by atoms with Crippen molar-refractivity contribution in [2.75, 3.05) is 19.0 Å². The van der Waals surface area contributed by atoms with Gasteiger partial charge in [-0.1, -0.05) is 26.0 Å². The number of aryl methyl sites for hydroxylation is 1. The van der Waals surface area contributed by atoms with Crippen molar-refractivity contribution in [1.29, 1.82) is 5.26 Å². The van der Waals surface area contributed by atoms with Gasteiger partial charge < -0.3 is 16.2 Å². The van der Waals surface area contributed by atoms with Crippen molar-refractivity contribution >= 4 is 23.4 Å². The van der Waals surface area contributed by atoms with E-state index in [-0.39, 0.29) is 0 Å². The van der Waals surface area contributed by atoms with E-state index in [1.54, 1.807) is 0 Å². The summed E-state index contributed by atoms with van der Waals surface area (Å²) in [6, 6.07) is 8.15. The van der Waals surface area contributed by atoms with Crippen molar-refractivity contribution in [3.05, 3.63) is 35.5 Å². The Morgan fingerprint density at radius 3 is 2.70 bits per heavy atom. The van der Waals surface area contributed by atoms with E-state index >= 15 is 0 Å². The molecule has 4 N–H and O–H groups in total. The smallest absolute Gasteiger partial charge is 0.0878 e. The van der Waals surface area contributed by atoms with Gasteiger partial charge in [0.2, 0.25) is 0 Å². The van der Waals surface area contributed by atoms with E-state index in [1.807, 2.05) is 39.0 Å². The minimum atomic E-state index is 0.515. The summed E-state index contributed by atoms with van der Waals surface area (Å²) in [6.07, 6.45) is 7.76. The fourth-order valence-electron chi connectivity index (χ4n) is 2.59. The topological polar surface area (TPSA) is 107 Å². The summed E-state index contributed by atoms with van der Waals surface area (Å²) in [4.78, 5) is 8.77. The Kier molecular flexibility index (Phi) is 14.1. The van der Waals surface area contributed by atoms with Gasteiger partial charge in [0.05, 0.1) is 23.8 Å². The Labute approximate surface area is 163 Å². The second-order valence-corrected chi connectivity index (χ2v) is 5.53. The molecule has 6 nitrogen and oxygen atoms in total. The number of hydrogen-bond acceptors (Lipinski definition) is 5. The molecule has 0 radical (unpaired) electrons. The molecule has 0 amide bonds. The van der Waals surface area contributed by atoms with Crippen LogP contribution in [0.25, 0.3) is 0 Å². The normalized spacial score (nSPS) is 12.6. The molecular formula is C21H33N5O. The van der Waals surface area contributed by atoms with E-state index < -0.39 is 0 Å². The molecule has 0 fully saturated rings. The van der Waals surface area contributed by atoms with Crippen LogP contribution in [-0.2, 0) is 6.42 Å². The van der Waals surface area contributed by atoms with E-state index in [1.165, 1.54) is 12.1 Å². The van der Waals surface area contributed by atoms with Gasteiger partial charge in [-0.25, -0.2) is 4.99 Å². The average Bonchev–Trinajstić information content (AvgIpc) is 2.71. The third-order valence-corrected chi connectivity index (χ3v) is 3.74. The van der Waals surface area contributed by atoms with Crippen LogP contribution in [0.5, 0.6) is 0 Å². The molecule has 0 bridgehead atoms. The largest absolute Gasteiger partial charge is 0.400 e. The van der Waals surface area contributed by atoms with Gasteiger partial charge in [-0.3, -0.25) is 4.99 Å². The summed E-state index contributed by atoms with van der Waals surface area (Å²) in [5.41, 5.74) is 10.7. The molecule has 27 heavy (non-hydrogen) atoms. The number of nitrogens with one attached hydrogen (secondary N) is 1. The van der Waals surface area contributed by atoms with E-state index in [0.717, 1.165) is 62.0 Å². The highest BCUT2D eigenvalue weighted by atomic mass is 16.2. The standard InChI is InChI=1S/C18H23N5.C2H6.CH4O/c1-14-4-2-6-16(23-14)9-11-21-18-12-15(5-3-10-19)7-8-17(18)22-13-20;2*1-2/h4,7-8,12-13,21H,2-3,5-6,9,11H2,1H3,(H2,20,22);1-2H3;2H,1H3. The summed E-state index contributed by atoms with van der Waals surface area (Å²) in [6.45, 7) is 6.85. The van der Waals surface area contributed by atoms with Crippen LogP contribution in [0.2, 0.25) is 0 Å². The van der Waals surface area contributed by atoms with E-state index in [9.17, 15) is 0 Å². The maximum Gasteiger partial charge on any atom is 0.0878 e. The van der Waals surface area contributed by atoms with Crippen LogP contribution in [0.1, 0.15) is 52.0 Å². The summed E-state index contributed by atoms with van der Waals surface area (Å²) in [5.74, 6) is 0. The third-order valence-electron chi connectivity index (χ3n) is 3.74. The van der Waals surface area contributed by atoms with Gasteiger partial charge in [-0.2, -0.15) is 5.26 Å². The molecule has 0 aliphatic carbocycles. The lowest BCUT2D eigenvalue weighted by Gasteiger charge is -2.14. The fraction of sp³-hybridized carbons (Fsp3) is 0.476. The molecule has 1 aliphatic heterocycles. The van der Waals surface area contributed by atoms with Crippen LogP contribution in [-0.4, -0.2) is 30.8 Å². The molecule has 148 valence electrons. The van der Waals surface area contributed by atoms with E-state index in [2.05, 4.69) is 27.4 Å². The van der Waals surface area contributed by atoms with Crippen molar-refractivity contribution in [2.24, 2.45) is 15.7 Å². The highest BCUT2D eigenvalue weighted by Gasteiger charge is 2.07. The van der Waals surface area contributed by atoms with Gasteiger partial charge in [-0.15, -0.1) is 0 Å². The minimum Gasteiger partial charge on any atom is -0.400 e. The first-order chi connectivity index (χ1) is 13.2. The number of benzene rings is 1. The lowest BCUT2D eigenvalue weighted by Crippen LogP contribution is -2.11. The number of aliphatic imine (C=N–C) groups is 2. The van der Waals surface area contributed by atoms with Crippen molar-refractivity contribution in [3.8, 4) is 6.07 Å². The molecule has 1 aliphatic rings. The van der Waals surface area contributed by atoms with Gasteiger partial charge in [0.25, 0.3) is 0 Å². The molecule has 0 saturated heterocycles.